The molecule has 1 aliphatic carbocycles. The van der Waals surface area contributed by atoms with Gasteiger partial charge in [-0.2, -0.15) is 0 Å². The second-order valence-electron chi connectivity index (χ2n) is 4.51. The first kappa shape index (κ1) is 12.4. The number of anilines is 1. The molecule has 0 aliphatic heterocycles. The molecule has 0 radical (unpaired) electrons. The quantitative estimate of drug-likeness (QED) is 0.815. The Kier molecular flexibility index (Phi) is 3.63. The fraction of sp³-hybridized carbons (Fsp3) is 0.500. The summed E-state index contributed by atoms with van der Waals surface area (Å²) in [4.78, 5) is 4.36. The summed E-state index contributed by atoms with van der Waals surface area (Å²) in [5.41, 5.74) is 1.18. The average Bonchev–Trinajstić information content (AvgIpc) is 3.17. The molecular formula is C12H16N6S. The van der Waals surface area contributed by atoms with Crippen molar-refractivity contribution in [3.8, 4) is 0 Å². The standard InChI is InChI=1S/C12H16N6S/c1-2-13-11-6-3-9(7-14-11)8-19-12-15-16-17-18(12)10-4-5-10/h3,6-7,10H,2,4-5,8H2,1H3,(H,13,14). The zero-order valence-electron chi connectivity index (χ0n) is 10.8. The Bertz CT molecular complexity index is 533. The van der Waals surface area contributed by atoms with Crippen molar-refractivity contribution in [1.29, 1.82) is 0 Å². The maximum Gasteiger partial charge on any atom is 0.209 e. The van der Waals surface area contributed by atoms with Crippen LogP contribution < -0.4 is 5.32 Å². The van der Waals surface area contributed by atoms with Crippen molar-refractivity contribution >= 4 is 17.6 Å². The summed E-state index contributed by atoms with van der Waals surface area (Å²) >= 11 is 1.66. The first-order valence-corrected chi connectivity index (χ1v) is 7.45. The Hall–Kier alpha value is -1.63. The van der Waals surface area contributed by atoms with E-state index in [0.717, 1.165) is 23.3 Å². The van der Waals surface area contributed by atoms with Crippen LogP contribution in [0.1, 0.15) is 31.4 Å². The second-order valence-corrected chi connectivity index (χ2v) is 5.45. The molecule has 0 saturated heterocycles. The molecular weight excluding hydrogens is 260 g/mol. The SMILES string of the molecule is CCNc1ccc(CSc2nnnn2C2CC2)cn1. The number of tetrazole rings is 1. The van der Waals surface area contributed by atoms with Gasteiger partial charge < -0.3 is 5.32 Å². The van der Waals surface area contributed by atoms with Crippen molar-refractivity contribution in [2.75, 3.05) is 11.9 Å². The minimum Gasteiger partial charge on any atom is -0.370 e. The van der Waals surface area contributed by atoms with Crippen molar-refractivity contribution < 1.29 is 0 Å². The number of hydrogen-bond acceptors (Lipinski definition) is 6. The van der Waals surface area contributed by atoms with Crippen LogP contribution in [0.5, 0.6) is 0 Å². The van der Waals surface area contributed by atoms with Crippen molar-refractivity contribution in [2.24, 2.45) is 0 Å². The van der Waals surface area contributed by atoms with Gasteiger partial charge >= 0.3 is 0 Å². The van der Waals surface area contributed by atoms with E-state index in [1.54, 1.807) is 11.8 Å². The van der Waals surface area contributed by atoms with E-state index >= 15 is 0 Å². The molecule has 1 N–H and O–H groups in total. The zero-order valence-corrected chi connectivity index (χ0v) is 11.6. The maximum absolute atomic E-state index is 4.36. The molecule has 2 aromatic heterocycles. The molecule has 0 spiro atoms. The Morgan fingerprint density at radius 1 is 1.42 bits per heavy atom. The van der Waals surface area contributed by atoms with Crippen LogP contribution in [0.4, 0.5) is 5.82 Å². The Balaban J connectivity index is 1.60. The van der Waals surface area contributed by atoms with E-state index in [-0.39, 0.29) is 0 Å². The summed E-state index contributed by atoms with van der Waals surface area (Å²) in [7, 11) is 0. The van der Waals surface area contributed by atoms with Gasteiger partial charge in [-0.15, -0.1) is 5.10 Å². The van der Waals surface area contributed by atoms with E-state index in [0.29, 0.717) is 6.04 Å². The molecule has 7 heteroatoms. The molecule has 6 nitrogen and oxygen atoms in total. The lowest BCUT2D eigenvalue weighted by Crippen LogP contribution is -2.00. The van der Waals surface area contributed by atoms with Crippen molar-refractivity contribution in [3.05, 3.63) is 23.9 Å². The van der Waals surface area contributed by atoms with Crippen LogP contribution in [0, 0.1) is 0 Å². The monoisotopic (exact) mass is 276 g/mol. The van der Waals surface area contributed by atoms with Gasteiger partial charge in [0.15, 0.2) is 0 Å². The van der Waals surface area contributed by atoms with Gasteiger partial charge in [0.25, 0.3) is 0 Å². The fourth-order valence-electron chi connectivity index (χ4n) is 1.77. The minimum absolute atomic E-state index is 0.520. The predicted molar refractivity (Wildman–Crippen MR) is 74.0 cm³/mol. The highest BCUT2D eigenvalue weighted by atomic mass is 32.2. The van der Waals surface area contributed by atoms with Crippen molar-refractivity contribution in [1.82, 2.24) is 25.2 Å². The van der Waals surface area contributed by atoms with E-state index < -0.39 is 0 Å². The summed E-state index contributed by atoms with van der Waals surface area (Å²) in [6.45, 7) is 2.94. The van der Waals surface area contributed by atoms with Gasteiger partial charge in [-0.1, -0.05) is 17.8 Å². The lowest BCUT2D eigenvalue weighted by atomic mass is 10.3. The van der Waals surface area contributed by atoms with Gasteiger partial charge in [-0.25, -0.2) is 9.67 Å². The van der Waals surface area contributed by atoms with Crippen LogP contribution in [0.25, 0.3) is 0 Å². The summed E-state index contributed by atoms with van der Waals surface area (Å²) in [6.07, 6.45) is 4.28. The molecule has 1 aliphatic rings. The Labute approximate surface area is 116 Å². The van der Waals surface area contributed by atoms with E-state index in [2.05, 4.69) is 38.8 Å². The van der Waals surface area contributed by atoms with Gasteiger partial charge in [-0.05, 0) is 41.8 Å². The zero-order chi connectivity index (χ0) is 13.1. The average molecular weight is 276 g/mol. The molecule has 3 rings (SSSR count). The van der Waals surface area contributed by atoms with E-state index in [1.165, 1.54) is 18.4 Å². The third kappa shape index (κ3) is 3.04. The van der Waals surface area contributed by atoms with Gasteiger partial charge in [0.1, 0.15) is 5.82 Å². The first-order valence-electron chi connectivity index (χ1n) is 6.46. The van der Waals surface area contributed by atoms with Gasteiger partial charge in [-0.3, -0.25) is 0 Å². The van der Waals surface area contributed by atoms with Crippen molar-refractivity contribution in [3.63, 3.8) is 0 Å². The van der Waals surface area contributed by atoms with Gasteiger partial charge in [0.05, 0.1) is 6.04 Å². The smallest absolute Gasteiger partial charge is 0.209 e. The largest absolute Gasteiger partial charge is 0.370 e. The lowest BCUT2D eigenvalue weighted by Gasteiger charge is -2.04. The highest BCUT2D eigenvalue weighted by Crippen LogP contribution is 2.36. The summed E-state index contributed by atoms with van der Waals surface area (Å²) in [6, 6.07) is 4.61. The molecule has 2 heterocycles. The van der Waals surface area contributed by atoms with Crippen LogP contribution in [-0.4, -0.2) is 31.7 Å². The fourth-order valence-corrected chi connectivity index (χ4v) is 2.65. The highest BCUT2D eigenvalue weighted by molar-refractivity contribution is 7.98. The predicted octanol–water partition coefficient (Wildman–Crippen LogP) is 2.13. The number of thioether (sulfide) groups is 1. The number of rotatable bonds is 6. The molecule has 0 atom stereocenters. The third-order valence-corrected chi connectivity index (χ3v) is 3.91. The number of nitrogens with one attached hydrogen (secondary N) is 1. The van der Waals surface area contributed by atoms with Crippen molar-refractivity contribution in [2.45, 2.75) is 36.7 Å². The molecule has 1 saturated carbocycles. The molecule has 100 valence electrons. The van der Waals surface area contributed by atoms with Gasteiger partial charge in [0, 0.05) is 18.5 Å². The topological polar surface area (TPSA) is 68.5 Å². The van der Waals surface area contributed by atoms with E-state index in [9.17, 15) is 0 Å². The summed E-state index contributed by atoms with van der Waals surface area (Å²) < 4.78 is 1.94. The summed E-state index contributed by atoms with van der Waals surface area (Å²) in [5.74, 6) is 1.76. The van der Waals surface area contributed by atoms with E-state index in [4.69, 9.17) is 0 Å². The van der Waals surface area contributed by atoms with Crippen LogP contribution in [0.2, 0.25) is 0 Å². The van der Waals surface area contributed by atoms with Gasteiger partial charge in [0.2, 0.25) is 5.16 Å². The molecule has 0 aromatic carbocycles. The number of pyridine rings is 1. The number of nitrogens with zero attached hydrogens (tertiary/aromatic N) is 5. The van der Waals surface area contributed by atoms with Crippen LogP contribution >= 0.6 is 11.8 Å². The maximum atomic E-state index is 4.36. The first-order chi connectivity index (χ1) is 9.36. The summed E-state index contributed by atoms with van der Waals surface area (Å²) in [5, 5.41) is 15.9. The molecule has 2 aromatic rings. The number of aromatic nitrogens is 5. The third-order valence-electron chi connectivity index (χ3n) is 2.91. The number of hydrogen-bond donors (Lipinski definition) is 1. The molecule has 0 unspecified atom stereocenters. The Morgan fingerprint density at radius 3 is 3.00 bits per heavy atom. The molecule has 19 heavy (non-hydrogen) atoms. The van der Waals surface area contributed by atoms with Crippen LogP contribution in [0.3, 0.4) is 0 Å². The molecule has 0 bridgehead atoms. The molecule has 0 amide bonds. The lowest BCUT2D eigenvalue weighted by molar-refractivity contribution is 0.565. The Morgan fingerprint density at radius 2 is 2.32 bits per heavy atom. The second kappa shape index (κ2) is 5.56. The highest BCUT2D eigenvalue weighted by Gasteiger charge is 2.27. The van der Waals surface area contributed by atoms with E-state index in [1.807, 2.05) is 16.9 Å². The van der Waals surface area contributed by atoms with Crippen LogP contribution in [-0.2, 0) is 5.75 Å². The van der Waals surface area contributed by atoms with Crippen LogP contribution in [0.15, 0.2) is 23.5 Å². The molecule has 1 fully saturated rings. The normalized spacial score (nSPS) is 14.6. The minimum atomic E-state index is 0.520.